The summed E-state index contributed by atoms with van der Waals surface area (Å²) in [4.78, 5) is 39.8. The molecular formula is C20H22FN3O5. The Morgan fingerprint density at radius 1 is 1.07 bits per heavy atom. The van der Waals surface area contributed by atoms with E-state index in [-0.39, 0.29) is 17.0 Å². The van der Waals surface area contributed by atoms with Gasteiger partial charge in [-0.3, -0.25) is 4.79 Å². The number of fused-ring (bicyclic) bond motifs is 1. The fourth-order valence-corrected chi connectivity index (χ4v) is 3.77. The molecule has 0 spiro atoms. The number of pyridine rings is 1. The van der Waals surface area contributed by atoms with Gasteiger partial charge in [0, 0.05) is 43.8 Å². The number of halogens is 1. The van der Waals surface area contributed by atoms with Crippen LogP contribution in [0.1, 0.15) is 29.2 Å². The number of hydrogen-bond acceptors (Lipinski definition) is 6. The number of aromatic nitrogens is 1. The molecule has 0 unspecified atom stereocenters. The molecule has 0 radical (unpaired) electrons. The summed E-state index contributed by atoms with van der Waals surface area (Å²) in [6.45, 7) is 1.73. The van der Waals surface area contributed by atoms with Crippen molar-refractivity contribution in [1.29, 1.82) is 0 Å². The summed E-state index contributed by atoms with van der Waals surface area (Å²) in [6.07, 6.45) is 2.98. The minimum atomic E-state index is -0.727. The monoisotopic (exact) mass is 403 g/mol. The molecule has 1 saturated carbocycles. The van der Waals surface area contributed by atoms with E-state index < -0.39 is 23.3 Å². The van der Waals surface area contributed by atoms with Gasteiger partial charge in [-0.2, -0.15) is 0 Å². The zero-order valence-corrected chi connectivity index (χ0v) is 16.3. The number of piperazine rings is 1. The van der Waals surface area contributed by atoms with Crippen LogP contribution in [0.15, 0.2) is 23.1 Å². The molecular weight excluding hydrogens is 381 g/mol. The Labute approximate surface area is 166 Å². The number of nitrogens with zero attached hydrogens (tertiary/aromatic N) is 3. The fourth-order valence-electron chi connectivity index (χ4n) is 3.77. The standard InChI is InChI=1S/C20H22FN3O5/c1-28-19(26)14-11-24(12-3-4-12)16-10-17(15(21)9-13(16)18(14)25)22-5-7-23(8-6-22)20(27)29-2/h9-12H,3-8H2,1-2H3. The quantitative estimate of drug-likeness (QED) is 0.731. The summed E-state index contributed by atoms with van der Waals surface area (Å²) in [5, 5.41) is 0.161. The van der Waals surface area contributed by atoms with Gasteiger partial charge in [-0.25, -0.2) is 14.0 Å². The number of carbonyl (C=O) groups is 2. The lowest BCUT2D eigenvalue weighted by molar-refractivity contribution is 0.0598. The molecule has 0 bridgehead atoms. The van der Waals surface area contributed by atoms with Gasteiger partial charge in [0.05, 0.1) is 25.4 Å². The van der Waals surface area contributed by atoms with Gasteiger partial charge in [0.2, 0.25) is 5.43 Å². The third kappa shape index (κ3) is 3.41. The van der Waals surface area contributed by atoms with Crippen molar-refractivity contribution < 1.29 is 23.5 Å². The number of carbonyl (C=O) groups excluding carboxylic acids is 2. The second-order valence-electron chi connectivity index (χ2n) is 7.27. The molecule has 2 aliphatic rings. The highest BCUT2D eigenvalue weighted by atomic mass is 19.1. The summed E-state index contributed by atoms with van der Waals surface area (Å²) < 4.78 is 26.3. The van der Waals surface area contributed by atoms with Crippen LogP contribution in [-0.4, -0.2) is 61.9 Å². The molecule has 1 amide bonds. The Morgan fingerprint density at radius 3 is 2.34 bits per heavy atom. The Kier molecular flexibility index (Phi) is 4.89. The SMILES string of the molecule is COC(=O)c1cn(C2CC2)c2cc(N3CCN(C(=O)OC)CC3)c(F)cc2c1=O. The van der Waals surface area contributed by atoms with Gasteiger partial charge in [0.25, 0.3) is 0 Å². The Balaban J connectivity index is 1.75. The predicted octanol–water partition coefficient (Wildman–Crippen LogP) is 2.15. The average Bonchev–Trinajstić information content (AvgIpc) is 3.58. The second kappa shape index (κ2) is 7.38. The highest BCUT2D eigenvalue weighted by Crippen LogP contribution is 2.38. The molecule has 4 rings (SSSR count). The molecule has 154 valence electrons. The fraction of sp³-hybridized carbons (Fsp3) is 0.450. The van der Waals surface area contributed by atoms with Crippen molar-refractivity contribution >= 4 is 28.7 Å². The maximum Gasteiger partial charge on any atom is 0.409 e. The first-order chi connectivity index (χ1) is 13.9. The molecule has 1 saturated heterocycles. The van der Waals surface area contributed by atoms with E-state index in [1.54, 1.807) is 11.0 Å². The van der Waals surface area contributed by atoms with Crippen molar-refractivity contribution in [3.8, 4) is 0 Å². The van der Waals surface area contributed by atoms with E-state index in [1.807, 2.05) is 9.47 Å². The van der Waals surface area contributed by atoms with Crippen molar-refractivity contribution in [2.45, 2.75) is 18.9 Å². The van der Waals surface area contributed by atoms with E-state index in [0.29, 0.717) is 37.4 Å². The number of methoxy groups -OCH3 is 2. The Hall–Kier alpha value is -3.10. The summed E-state index contributed by atoms with van der Waals surface area (Å²) in [6, 6.07) is 3.04. The van der Waals surface area contributed by atoms with Gasteiger partial charge in [0.1, 0.15) is 11.4 Å². The first-order valence-electron chi connectivity index (χ1n) is 9.49. The summed E-state index contributed by atoms with van der Waals surface area (Å²) >= 11 is 0. The van der Waals surface area contributed by atoms with Crippen LogP contribution in [0.5, 0.6) is 0 Å². The molecule has 1 aliphatic carbocycles. The van der Waals surface area contributed by atoms with Crippen molar-refractivity contribution in [3.63, 3.8) is 0 Å². The molecule has 1 aromatic carbocycles. The number of anilines is 1. The summed E-state index contributed by atoms with van der Waals surface area (Å²) in [7, 11) is 2.54. The van der Waals surface area contributed by atoms with Crippen LogP contribution in [0, 0.1) is 5.82 Å². The van der Waals surface area contributed by atoms with Crippen LogP contribution in [0.2, 0.25) is 0 Å². The van der Waals surface area contributed by atoms with Crippen molar-refractivity contribution in [2.75, 3.05) is 45.3 Å². The van der Waals surface area contributed by atoms with Gasteiger partial charge in [0.15, 0.2) is 0 Å². The molecule has 29 heavy (non-hydrogen) atoms. The number of rotatable bonds is 3. The lowest BCUT2D eigenvalue weighted by Gasteiger charge is -2.35. The van der Waals surface area contributed by atoms with Crippen LogP contribution < -0.4 is 10.3 Å². The van der Waals surface area contributed by atoms with Gasteiger partial charge < -0.3 is 23.8 Å². The molecule has 1 aromatic heterocycles. The summed E-state index contributed by atoms with van der Waals surface area (Å²) in [5.74, 6) is -1.26. The van der Waals surface area contributed by atoms with Gasteiger partial charge in [-0.05, 0) is 25.0 Å². The number of esters is 1. The number of amides is 1. The van der Waals surface area contributed by atoms with E-state index in [9.17, 15) is 18.8 Å². The van der Waals surface area contributed by atoms with Crippen LogP contribution in [0.3, 0.4) is 0 Å². The minimum absolute atomic E-state index is 0.0919. The largest absolute Gasteiger partial charge is 0.465 e. The predicted molar refractivity (Wildman–Crippen MR) is 104 cm³/mol. The highest BCUT2D eigenvalue weighted by Gasteiger charge is 2.29. The Morgan fingerprint density at radius 2 is 1.76 bits per heavy atom. The third-order valence-corrected chi connectivity index (χ3v) is 5.50. The number of hydrogen-bond donors (Lipinski definition) is 0. The zero-order valence-electron chi connectivity index (χ0n) is 16.3. The van der Waals surface area contributed by atoms with Crippen LogP contribution in [-0.2, 0) is 9.47 Å². The third-order valence-electron chi connectivity index (χ3n) is 5.50. The van der Waals surface area contributed by atoms with E-state index in [4.69, 9.17) is 9.47 Å². The van der Waals surface area contributed by atoms with E-state index in [2.05, 4.69) is 0 Å². The second-order valence-corrected chi connectivity index (χ2v) is 7.27. The van der Waals surface area contributed by atoms with E-state index in [0.717, 1.165) is 12.8 Å². The molecule has 2 aromatic rings. The molecule has 2 heterocycles. The van der Waals surface area contributed by atoms with Crippen molar-refractivity contribution in [3.05, 3.63) is 39.9 Å². The maximum absolute atomic E-state index is 15.0. The molecule has 1 aliphatic heterocycles. The zero-order chi connectivity index (χ0) is 20.7. The van der Waals surface area contributed by atoms with Crippen molar-refractivity contribution in [1.82, 2.24) is 9.47 Å². The molecule has 9 heteroatoms. The lowest BCUT2D eigenvalue weighted by Crippen LogP contribution is -2.49. The van der Waals surface area contributed by atoms with Gasteiger partial charge in [-0.15, -0.1) is 0 Å². The van der Waals surface area contributed by atoms with Crippen LogP contribution >= 0.6 is 0 Å². The lowest BCUT2D eigenvalue weighted by atomic mass is 10.1. The molecule has 2 fully saturated rings. The highest BCUT2D eigenvalue weighted by molar-refractivity contribution is 5.94. The normalized spacial score (nSPS) is 16.8. The molecule has 0 atom stereocenters. The number of ether oxygens (including phenoxy) is 2. The average molecular weight is 403 g/mol. The smallest absolute Gasteiger partial charge is 0.409 e. The van der Waals surface area contributed by atoms with Gasteiger partial charge in [-0.1, -0.05) is 0 Å². The minimum Gasteiger partial charge on any atom is -0.465 e. The van der Waals surface area contributed by atoms with Gasteiger partial charge >= 0.3 is 12.1 Å². The van der Waals surface area contributed by atoms with E-state index >= 15 is 0 Å². The van der Waals surface area contributed by atoms with Crippen LogP contribution in [0.25, 0.3) is 10.9 Å². The topological polar surface area (TPSA) is 81.1 Å². The number of benzene rings is 1. The Bertz CT molecular complexity index is 1040. The maximum atomic E-state index is 15.0. The van der Waals surface area contributed by atoms with Crippen molar-refractivity contribution in [2.24, 2.45) is 0 Å². The summed E-state index contributed by atoms with van der Waals surface area (Å²) in [5.41, 5.74) is 0.342. The molecule has 0 N–H and O–H groups in total. The van der Waals surface area contributed by atoms with Crippen LogP contribution in [0.4, 0.5) is 14.9 Å². The first-order valence-corrected chi connectivity index (χ1v) is 9.49. The first kappa shape index (κ1) is 19.2. The molecule has 8 nitrogen and oxygen atoms in total. The van der Waals surface area contributed by atoms with E-state index in [1.165, 1.54) is 26.5 Å².